The first-order valence-corrected chi connectivity index (χ1v) is 10.3. The lowest BCUT2D eigenvalue weighted by molar-refractivity contribution is 1.15. The largest absolute Gasteiger partial charge is 0.269 e. The zero-order valence-electron chi connectivity index (χ0n) is 9.91. The van der Waals surface area contributed by atoms with Gasteiger partial charge in [0.1, 0.15) is 0 Å². The van der Waals surface area contributed by atoms with Crippen LogP contribution in [0, 0.1) is 0 Å². The second-order valence-electron chi connectivity index (χ2n) is 3.86. The van der Waals surface area contributed by atoms with Gasteiger partial charge in [-0.15, -0.1) is 0 Å². The van der Waals surface area contributed by atoms with Gasteiger partial charge in [-0.25, -0.2) is 0 Å². The molecule has 0 fully saturated rings. The average Bonchev–Trinajstić information content (AvgIpc) is 2.37. The smallest absolute Gasteiger partial charge is 0.204 e. The van der Waals surface area contributed by atoms with E-state index in [-0.39, 0.29) is -0.441 Å². The molecule has 0 aliphatic heterocycles. The fraction of sp³-hybridized carbons (Fsp3) is 0.250. The Labute approximate surface area is 162 Å². The highest BCUT2D eigenvalue weighted by atomic mass is 127. The van der Waals surface area contributed by atoms with Gasteiger partial charge in [0.2, 0.25) is -0.441 Å². The normalized spacial score (nSPS) is 11.8. The third-order valence-electron chi connectivity index (χ3n) is 2.73. The molecule has 1 heterocycles. The van der Waals surface area contributed by atoms with Crippen LogP contribution in [0.25, 0.3) is 10.9 Å². The highest BCUT2D eigenvalue weighted by molar-refractivity contribution is 14.3. The number of nitrogens with zero attached hydrogens (tertiary/aromatic N) is 2. The van der Waals surface area contributed by atoms with Crippen LogP contribution in [-0.2, 0) is 6.42 Å². The van der Waals surface area contributed by atoms with Crippen molar-refractivity contribution < 1.29 is 0 Å². The van der Waals surface area contributed by atoms with Gasteiger partial charge in [0, 0.05) is 11.6 Å². The number of fused-ring (bicyclic) bond motifs is 1. The minimum Gasteiger partial charge on any atom is -0.269 e. The summed E-state index contributed by atoms with van der Waals surface area (Å²) in [5, 5.41) is 1.20. The first kappa shape index (κ1) is 16.6. The summed E-state index contributed by atoms with van der Waals surface area (Å²) in [6.45, 7) is 2.16. The Bertz CT molecular complexity index is 589. The Balaban J connectivity index is 2.57. The van der Waals surface area contributed by atoms with Crippen molar-refractivity contribution in [3.8, 4) is 0 Å². The molecule has 0 unspecified atom stereocenters. The first-order valence-electron chi connectivity index (χ1n) is 5.50. The van der Waals surface area contributed by atoms with Crippen molar-refractivity contribution in [1.29, 1.82) is 0 Å². The van der Waals surface area contributed by atoms with E-state index in [1.807, 2.05) is 6.20 Å². The Hall–Kier alpha value is 1.26. The lowest BCUT2D eigenvalue weighted by atomic mass is 10.1. The molecular formula is C12H10ClI3N2S. The summed E-state index contributed by atoms with van der Waals surface area (Å²) >= 11 is 8.30. The third-order valence-corrected chi connectivity index (χ3v) is 6.20. The fourth-order valence-electron chi connectivity index (χ4n) is 1.85. The molecule has 7 heteroatoms. The van der Waals surface area contributed by atoms with Gasteiger partial charge < -0.3 is 0 Å². The summed E-state index contributed by atoms with van der Waals surface area (Å²) in [6.07, 6.45) is 2.87. The number of aromatic nitrogens is 1. The maximum atomic E-state index is 6.02. The molecule has 102 valence electrons. The van der Waals surface area contributed by atoms with E-state index in [0.717, 1.165) is 17.6 Å². The minimum atomic E-state index is -0.123. The second kappa shape index (κ2) is 7.01. The molecule has 0 aliphatic carbocycles. The fourth-order valence-corrected chi connectivity index (χ4v) is 5.44. The molecule has 0 aliphatic rings. The lowest BCUT2D eigenvalue weighted by Crippen LogP contribution is -2.25. The van der Waals surface area contributed by atoms with Crippen LogP contribution in [0.5, 0.6) is 0 Å². The number of anilines is 1. The van der Waals surface area contributed by atoms with Crippen molar-refractivity contribution in [2.75, 3.05) is 4.31 Å². The zero-order valence-corrected chi connectivity index (χ0v) is 18.0. The summed E-state index contributed by atoms with van der Waals surface area (Å²) in [5.41, 5.74) is 3.43. The zero-order chi connectivity index (χ0) is 14.0. The van der Waals surface area contributed by atoms with E-state index < -0.39 is 0 Å². The van der Waals surface area contributed by atoms with Gasteiger partial charge in [0.25, 0.3) is 0 Å². The van der Waals surface area contributed by atoms with Crippen molar-refractivity contribution in [1.82, 2.24) is 4.98 Å². The van der Waals surface area contributed by atoms with Crippen molar-refractivity contribution in [3.05, 3.63) is 36.0 Å². The Morgan fingerprint density at radius 1 is 1.32 bits per heavy atom. The minimum absolute atomic E-state index is 0.123. The number of alkyl halides is 3. The number of rotatable bonds is 4. The molecular weight excluding hydrogens is 620 g/mol. The molecule has 0 amide bonds. The molecule has 2 aromatic rings. The SMILES string of the molecule is CCc1ccnc2ccc(N(SCl)C(I)(I)I)cc12. The van der Waals surface area contributed by atoms with E-state index in [0.29, 0.717) is 0 Å². The summed E-state index contributed by atoms with van der Waals surface area (Å²) < 4.78 is 1.95. The standard InChI is InChI=1S/C12H10ClI3N2S/c1-2-8-5-6-17-11-4-3-9(7-10(8)11)18(19-13)12(14,15)16/h3-7H,2H2,1H3. The Morgan fingerprint density at radius 2 is 2.05 bits per heavy atom. The molecule has 2 nitrogen and oxygen atoms in total. The molecule has 0 atom stereocenters. The van der Waals surface area contributed by atoms with Crippen LogP contribution in [-0.4, -0.2) is 4.54 Å². The highest BCUT2D eigenvalue weighted by Crippen LogP contribution is 2.47. The van der Waals surface area contributed by atoms with Crippen LogP contribution in [0.15, 0.2) is 30.5 Å². The van der Waals surface area contributed by atoms with Crippen LogP contribution < -0.4 is 4.31 Å². The van der Waals surface area contributed by atoms with Crippen molar-refractivity contribution in [2.45, 2.75) is 12.9 Å². The lowest BCUT2D eigenvalue weighted by Gasteiger charge is -2.29. The monoisotopic (exact) mass is 630 g/mol. The maximum Gasteiger partial charge on any atom is 0.204 e. The Morgan fingerprint density at radius 3 is 2.63 bits per heavy atom. The average molecular weight is 630 g/mol. The predicted octanol–water partition coefficient (Wildman–Crippen LogP) is 6.32. The molecule has 2 rings (SSSR count). The van der Waals surface area contributed by atoms with Crippen molar-refractivity contribution in [2.24, 2.45) is 0 Å². The molecule has 0 saturated heterocycles. The first-order chi connectivity index (χ1) is 8.97. The summed E-state index contributed by atoms with van der Waals surface area (Å²) in [7, 11) is 6.02. The van der Waals surface area contributed by atoms with E-state index in [9.17, 15) is 0 Å². The quantitative estimate of drug-likeness (QED) is 0.170. The number of hydrogen-bond acceptors (Lipinski definition) is 3. The number of halogens is 4. The van der Waals surface area contributed by atoms with Crippen LogP contribution in [0.3, 0.4) is 0 Å². The van der Waals surface area contributed by atoms with Gasteiger partial charge in [0.15, 0.2) is 0 Å². The van der Waals surface area contributed by atoms with Crippen molar-refractivity contribution >= 4 is 106 Å². The number of aryl methyl sites for hydroxylation is 1. The van der Waals surface area contributed by atoms with Crippen LogP contribution in [0.1, 0.15) is 12.5 Å². The van der Waals surface area contributed by atoms with Gasteiger partial charge in [-0.3, -0.25) is 9.29 Å². The maximum absolute atomic E-state index is 6.02. The summed E-state index contributed by atoms with van der Waals surface area (Å²) in [4.78, 5) is 4.41. The number of pyridine rings is 1. The van der Waals surface area contributed by atoms with Gasteiger partial charge in [-0.1, -0.05) is 6.92 Å². The van der Waals surface area contributed by atoms with Crippen LogP contribution in [0.2, 0.25) is 0 Å². The summed E-state index contributed by atoms with van der Waals surface area (Å²) in [6, 6.07) is 8.37. The number of hydrogen-bond donors (Lipinski definition) is 0. The van der Waals surface area contributed by atoms with E-state index in [4.69, 9.17) is 10.7 Å². The molecule has 1 aromatic heterocycles. The van der Waals surface area contributed by atoms with E-state index in [1.165, 1.54) is 22.1 Å². The third kappa shape index (κ3) is 3.92. The molecule has 0 radical (unpaired) electrons. The van der Waals surface area contributed by atoms with Gasteiger partial charge >= 0.3 is 0 Å². The molecule has 19 heavy (non-hydrogen) atoms. The van der Waals surface area contributed by atoms with Gasteiger partial charge in [0.05, 0.1) is 22.4 Å². The molecule has 1 aromatic carbocycles. The molecule has 0 bridgehead atoms. The van der Waals surface area contributed by atoms with Crippen LogP contribution >= 0.6 is 89.6 Å². The van der Waals surface area contributed by atoms with Crippen LogP contribution in [0.4, 0.5) is 5.69 Å². The molecule has 0 N–H and O–H groups in total. The second-order valence-corrected chi connectivity index (χ2v) is 15.6. The Kier molecular flexibility index (Phi) is 6.14. The highest BCUT2D eigenvalue weighted by Gasteiger charge is 2.28. The number of benzene rings is 1. The topological polar surface area (TPSA) is 16.1 Å². The van der Waals surface area contributed by atoms with Gasteiger partial charge in [-0.05, 0) is 115 Å². The molecule has 0 spiro atoms. The van der Waals surface area contributed by atoms with E-state index in [2.05, 4.69) is 108 Å². The van der Waals surface area contributed by atoms with Crippen molar-refractivity contribution in [3.63, 3.8) is 0 Å². The van der Waals surface area contributed by atoms with E-state index in [1.54, 1.807) is 0 Å². The molecule has 0 saturated carbocycles. The van der Waals surface area contributed by atoms with E-state index >= 15 is 0 Å². The summed E-state index contributed by atoms with van der Waals surface area (Å²) in [5.74, 6) is 0. The predicted molar refractivity (Wildman–Crippen MR) is 112 cm³/mol. The van der Waals surface area contributed by atoms with Gasteiger partial charge in [-0.2, -0.15) is 0 Å².